The maximum Gasteiger partial charge on any atom is 0.303 e. The molecule has 0 bridgehead atoms. The molecular weight excluding hydrogens is 477 g/mol. The molecule has 0 saturated carbocycles. The molecule has 1 amide bonds. The summed E-state index contributed by atoms with van der Waals surface area (Å²) in [5.74, 6) is -0.892. The Morgan fingerprint density at radius 3 is 2.28 bits per heavy atom. The molecule has 0 radical (unpaired) electrons. The van der Waals surface area contributed by atoms with Gasteiger partial charge in [0.05, 0.1) is 12.2 Å². The van der Waals surface area contributed by atoms with Crippen LogP contribution in [0.15, 0.2) is 78.9 Å². The molecule has 184 valence electrons. The summed E-state index contributed by atoms with van der Waals surface area (Å²) >= 11 is 0. The first-order chi connectivity index (χ1) is 17.3. The van der Waals surface area contributed by atoms with Crippen molar-refractivity contribution in [1.29, 1.82) is 0 Å². The molecule has 0 aromatic heterocycles. The van der Waals surface area contributed by atoms with Gasteiger partial charge in [-0.05, 0) is 65.3 Å². The number of hydrogen-bond donors (Lipinski definition) is 1. The van der Waals surface area contributed by atoms with E-state index in [0.717, 1.165) is 32.5 Å². The van der Waals surface area contributed by atoms with Crippen molar-refractivity contribution in [3.8, 4) is 0 Å². The molecule has 0 atom stereocenters. The van der Waals surface area contributed by atoms with E-state index in [1.165, 1.54) is 48.8 Å². The number of halogens is 1. The van der Waals surface area contributed by atoms with Crippen molar-refractivity contribution in [1.82, 2.24) is 4.31 Å². The molecule has 36 heavy (non-hydrogen) atoms. The van der Waals surface area contributed by atoms with Gasteiger partial charge in [0.15, 0.2) is 0 Å². The van der Waals surface area contributed by atoms with Gasteiger partial charge in [-0.3, -0.25) is 9.10 Å². The van der Waals surface area contributed by atoms with Gasteiger partial charge in [-0.15, -0.1) is 0 Å². The Bertz CT molecular complexity index is 1560. The molecule has 0 unspecified atom stereocenters. The van der Waals surface area contributed by atoms with Crippen LogP contribution in [0.2, 0.25) is 0 Å². The van der Waals surface area contributed by atoms with Crippen LogP contribution >= 0.6 is 0 Å². The van der Waals surface area contributed by atoms with E-state index in [1.54, 1.807) is 30.3 Å². The molecule has 4 aromatic rings. The van der Waals surface area contributed by atoms with Gasteiger partial charge in [0, 0.05) is 30.7 Å². The number of nitrogens with zero attached hydrogens (tertiary/aromatic N) is 2. The first-order valence-corrected chi connectivity index (χ1v) is 13.0. The molecule has 0 fully saturated rings. The molecule has 5 rings (SSSR count). The highest BCUT2D eigenvalue weighted by atomic mass is 32.2. The third kappa shape index (κ3) is 4.34. The van der Waals surface area contributed by atoms with Gasteiger partial charge in [-0.1, -0.05) is 48.5 Å². The number of hydrogen-bond acceptors (Lipinski definition) is 3. The number of anilines is 2. The minimum absolute atomic E-state index is 0.0416. The van der Waals surface area contributed by atoms with E-state index in [9.17, 15) is 17.6 Å². The number of carbonyl (C=O) groups excluding carboxylic acids is 1. The lowest BCUT2D eigenvalue weighted by Crippen LogP contribution is -2.40. The van der Waals surface area contributed by atoms with E-state index in [1.807, 2.05) is 18.2 Å². The van der Waals surface area contributed by atoms with E-state index in [0.29, 0.717) is 11.1 Å². The summed E-state index contributed by atoms with van der Waals surface area (Å²) in [6.07, 6.45) is 2.03. The lowest BCUT2D eigenvalue weighted by molar-refractivity contribution is 0.102. The SMILES string of the molecule is CN(C)S(=O)(=O)N(Cc1ccc(C(=O)Nc2ccc3c4c(cccc24)CC3)cc1)c1ccccc1F. The Hall–Kier alpha value is -3.75. The van der Waals surface area contributed by atoms with Gasteiger partial charge < -0.3 is 5.32 Å². The first kappa shape index (κ1) is 24.0. The normalized spacial score (nSPS) is 12.8. The Morgan fingerprint density at radius 1 is 0.889 bits per heavy atom. The zero-order valence-corrected chi connectivity index (χ0v) is 20.8. The van der Waals surface area contributed by atoms with Gasteiger partial charge in [0.25, 0.3) is 5.91 Å². The third-order valence-corrected chi connectivity index (χ3v) is 8.33. The summed E-state index contributed by atoms with van der Waals surface area (Å²) < 4.78 is 42.5. The number of para-hydroxylation sites is 1. The predicted molar refractivity (Wildman–Crippen MR) is 141 cm³/mol. The minimum atomic E-state index is -3.96. The van der Waals surface area contributed by atoms with Crippen molar-refractivity contribution in [3.05, 3.63) is 107 Å². The molecule has 0 saturated heterocycles. The number of rotatable bonds is 7. The van der Waals surface area contributed by atoms with Crippen molar-refractivity contribution in [2.24, 2.45) is 0 Å². The van der Waals surface area contributed by atoms with Crippen molar-refractivity contribution < 1.29 is 17.6 Å². The van der Waals surface area contributed by atoms with Gasteiger partial charge in [-0.2, -0.15) is 12.7 Å². The Morgan fingerprint density at radius 2 is 1.58 bits per heavy atom. The number of aryl methyl sites for hydroxylation is 2. The van der Waals surface area contributed by atoms with Crippen LogP contribution in [-0.4, -0.2) is 32.7 Å². The lowest BCUT2D eigenvalue weighted by Gasteiger charge is -2.27. The molecule has 1 aliphatic rings. The van der Waals surface area contributed by atoms with E-state index in [-0.39, 0.29) is 18.1 Å². The number of amides is 1. The van der Waals surface area contributed by atoms with Gasteiger partial charge >= 0.3 is 10.2 Å². The summed E-state index contributed by atoms with van der Waals surface area (Å²) in [6.45, 7) is -0.0851. The molecule has 0 aliphatic heterocycles. The average Bonchev–Trinajstić information content (AvgIpc) is 3.29. The maximum atomic E-state index is 14.5. The van der Waals surface area contributed by atoms with Crippen LogP contribution in [0.4, 0.5) is 15.8 Å². The highest BCUT2D eigenvalue weighted by Crippen LogP contribution is 2.35. The van der Waals surface area contributed by atoms with Crippen LogP contribution in [0.3, 0.4) is 0 Å². The van der Waals surface area contributed by atoms with E-state index in [4.69, 9.17) is 0 Å². The second-order valence-corrected chi connectivity index (χ2v) is 11.1. The van der Waals surface area contributed by atoms with Crippen LogP contribution in [0, 0.1) is 5.82 Å². The highest BCUT2D eigenvalue weighted by molar-refractivity contribution is 7.90. The van der Waals surface area contributed by atoms with Crippen molar-refractivity contribution in [2.45, 2.75) is 19.4 Å². The van der Waals surface area contributed by atoms with Gasteiger partial charge in [0.2, 0.25) is 0 Å². The molecule has 0 heterocycles. The summed E-state index contributed by atoms with van der Waals surface area (Å²) in [5, 5.41) is 5.27. The van der Waals surface area contributed by atoms with Crippen molar-refractivity contribution in [2.75, 3.05) is 23.7 Å². The standard InChI is InChI=1S/C28H26FN3O3S/c1-31(2)36(34,35)32(26-9-4-3-8-24(26)29)18-19-10-12-22(13-11-19)28(33)30-25-17-16-21-15-14-20-6-5-7-23(25)27(20)21/h3-13,16-17H,14-15,18H2,1-2H3,(H,30,33). The number of nitrogens with one attached hydrogen (secondary N) is 1. The van der Waals surface area contributed by atoms with Gasteiger partial charge in [0.1, 0.15) is 5.82 Å². The Kier molecular flexibility index (Phi) is 6.24. The molecule has 8 heteroatoms. The molecular formula is C28H26FN3O3S. The summed E-state index contributed by atoms with van der Waals surface area (Å²) in [5.41, 5.74) is 4.37. The quantitative estimate of drug-likeness (QED) is 0.380. The Balaban J connectivity index is 1.39. The number of benzene rings is 4. The van der Waals surface area contributed by atoms with Crippen LogP contribution in [-0.2, 0) is 29.6 Å². The molecule has 0 spiro atoms. The zero-order valence-electron chi connectivity index (χ0n) is 20.0. The summed E-state index contributed by atoms with van der Waals surface area (Å²) in [6, 6.07) is 22.6. The molecule has 1 aliphatic carbocycles. The van der Waals surface area contributed by atoms with Gasteiger partial charge in [-0.25, -0.2) is 4.39 Å². The largest absolute Gasteiger partial charge is 0.321 e. The molecule has 6 nitrogen and oxygen atoms in total. The van der Waals surface area contributed by atoms with Crippen LogP contribution in [0.1, 0.15) is 27.0 Å². The zero-order chi connectivity index (χ0) is 25.4. The average molecular weight is 504 g/mol. The fraction of sp³-hybridized carbons (Fsp3) is 0.179. The fourth-order valence-corrected chi connectivity index (χ4v) is 5.72. The fourth-order valence-electron chi connectivity index (χ4n) is 4.62. The summed E-state index contributed by atoms with van der Waals surface area (Å²) in [7, 11) is -1.16. The second kappa shape index (κ2) is 9.37. The highest BCUT2D eigenvalue weighted by Gasteiger charge is 2.27. The smallest absolute Gasteiger partial charge is 0.303 e. The second-order valence-electron chi connectivity index (χ2n) is 9.01. The topological polar surface area (TPSA) is 69.7 Å². The maximum absolute atomic E-state index is 14.5. The van der Waals surface area contributed by atoms with E-state index < -0.39 is 16.0 Å². The minimum Gasteiger partial charge on any atom is -0.321 e. The van der Waals surface area contributed by atoms with Crippen LogP contribution < -0.4 is 9.62 Å². The van der Waals surface area contributed by atoms with Crippen molar-refractivity contribution in [3.63, 3.8) is 0 Å². The molecule has 1 N–H and O–H groups in total. The Labute approximate surface area is 210 Å². The van der Waals surface area contributed by atoms with E-state index in [2.05, 4.69) is 17.4 Å². The molecule has 4 aromatic carbocycles. The lowest BCUT2D eigenvalue weighted by atomic mass is 10.0. The third-order valence-electron chi connectivity index (χ3n) is 6.53. The monoisotopic (exact) mass is 503 g/mol. The predicted octanol–water partition coefficient (Wildman–Crippen LogP) is 5.14. The first-order valence-electron chi connectivity index (χ1n) is 11.6. The van der Waals surface area contributed by atoms with Crippen LogP contribution in [0.25, 0.3) is 10.8 Å². The number of carbonyl (C=O) groups is 1. The van der Waals surface area contributed by atoms with Crippen LogP contribution in [0.5, 0.6) is 0 Å². The summed E-state index contributed by atoms with van der Waals surface area (Å²) in [4.78, 5) is 13.0. The van der Waals surface area contributed by atoms with E-state index >= 15 is 0 Å². The van der Waals surface area contributed by atoms with Crippen molar-refractivity contribution >= 4 is 38.3 Å².